The van der Waals surface area contributed by atoms with Crippen molar-refractivity contribution in [3.63, 3.8) is 0 Å². The molecule has 0 bridgehead atoms. The smallest absolute Gasteiger partial charge is 0.125 e. The van der Waals surface area contributed by atoms with Gasteiger partial charge in [-0.3, -0.25) is 0 Å². The van der Waals surface area contributed by atoms with Crippen LogP contribution in [0.15, 0.2) is 12.1 Å². The van der Waals surface area contributed by atoms with Gasteiger partial charge in [-0.05, 0) is 48.4 Å². The first-order chi connectivity index (χ1) is 9.65. The number of benzene rings is 1. The highest BCUT2D eigenvalue weighted by molar-refractivity contribution is 6.30. The fraction of sp³-hybridized carbons (Fsp3) is 0.647. The van der Waals surface area contributed by atoms with E-state index in [1.165, 1.54) is 36.8 Å². The van der Waals surface area contributed by atoms with Gasteiger partial charge in [0.1, 0.15) is 5.75 Å². The van der Waals surface area contributed by atoms with Crippen LogP contribution in [0.1, 0.15) is 50.7 Å². The van der Waals surface area contributed by atoms with E-state index >= 15 is 0 Å². The average Bonchev–Trinajstić information content (AvgIpc) is 2.86. The molecule has 2 N–H and O–H groups in total. The number of fused-ring (bicyclic) bond motifs is 1. The van der Waals surface area contributed by atoms with Gasteiger partial charge >= 0.3 is 0 Å². The van der Waals surface area contributed by atoms with Crippen molar-refractivity contribution in [1.29, 1.82) is 0 Å². The lowest BCUT2D eigenvalue weighted by Crippen LogP contribution is -2.32. The summed E-state index contributed by atoms with van der Waals surface area (Å²) in [4.78, 5) is 0. The van der Waals surface area contributed by atoms with Crippen molar-refractivity contribution < 1.29 is 4.74 Å². The summed E-state index contributed by atoms with van der Waals surface area (Å²) < 4.78 is 5.77. The molecular formula is C17H26ClNO. The Hall–Kier alpha value is -0.730. The van der Waals surface area contributed by atoms with Crippen LogP contribution in [0.3, 0.4) is 0 Å². The molecular weight excluding hydrogens is 270 g/mol. The van der Waals surface area contributed by atoms with Gasteiger partial charge in [-0.1, -0.05) is 38.3 Å². The quantitative estimate of drug-likeness (QED) is 0.811. The Kier molecular flexibility index (Phi) is 5.74. The third-order valence-corrected chi connectivity index (χ3v) is 4.42. The van der Waals surface area contributed by atoms with E-state index < -0.39 is 0 Å². The Bertz CT molecular complexity index is 441. The second-order valence-corrected chi connectivity index (χ2v) is 6.29. The van der Waals surface area contributed by atoms with Crippen LogP contribution in [0.2, 0.25) is 5.02 Å². The third kappa shape index (κ3) is 3.67. The lowest BCUT2D eigenvalue weighted by atomic mass is 9.87. The zero-order valence-electron chi connectivity index (χ0n) is 12.6. The summed E-state index contributed by atoms with van der Waals surface area (Å²) in [5.41, 5.74) is 8.90. The Morgan fingerprint density at radius 1 is 1.25 bits per heavy atom. The molecule has 0 saturated carbocycles. The molecule has 0 aliphatic carbocycles. The summed E-state index contributed by atoms with van der Waals surface area (Å²) in [6, 6.07) is 4.25. The van der Waals surface area contributed by atoms with Crippen LogP contribution in [-0.2, 0) is 12.8 Å². The summed E-state index contributed by atoms with van der Waals surface area (Å²) in [5, 5.41) is 0.805. The van der Waals surface area contributed by atoms with Gasteiger partial charge in [-0.2, -0.15) is 0 Å². The molecule has 1 atom stereocenters. The second-order valence-electron chi connectivity index (χ2n) is 5.86. The predicted octanol–water partition coefficient (Wildman–Crippen LogP) is 4.36. The molecule has 0 fully saturated rings. The molecule has 112 valence electrons. The van der Waals surface area contributed by atoms with E-state index in [0.717, 1.165) is 30.2 Å². The minimum Gasteiger partial charge on any atom is -0.493 e. The van der Waals surface area contributed by atoms with Gasteiger partial charge in [-0.25, -0.2) is 0 Å². The molecule has 1 aliphatic rings. The zero-order chi connectivity index (χ0) is 14.5. The lowest BCUT2D eigenvalue weighted by molar-refractivity contribution is 0.339. The number of rotatable bonds is 7. The highest BCUT2D eigenvalue weighted by atomic mass is 35.5. The van der Waals surface area contributed by atoms with Gasteiger partial charge in [0.25, 0.3) is 0 Å². The maximum Gasteiger partial charge on any atom is 0.125 e. The van der Waals surface area contributed by atoms with E-state index in [1.54, 1.807) is 0 Å². The Balaban J connectivity index is 2.12. The summed E-state index contributed by atoms with van der Waals surface area (Å²) >= 11 is 6.22. The van der Waals surface area contributed by atoms with Crippen molar-refractivity contribution in [2.45, 2.75) is 58.4 Å². The maximum absolute atomic E-state index is 6.47. The highest BCUT2D eigenvalue weighted by Crippen LogP contribution is 2.34. The van der Waals surface area contributed by atoms with Crippen molar-refractivity contribution in [2.24, 2.45) is 11.7 Å². The van der Waals surface area contributed by atoms with Crippen molar-refractivity contribution in [2.75, 3.05) is 6.61 Å². The van der Waals surface area contributed by atoms with Gasteiger partial charge in [0.2, 0.25) is 0 Å². The molecule has 1 aromatic rings. The Morgan fingerprint density at radius 3 is 2.60 bits per heavy atom. The Labute approximate surface area is 127 Å². The zero-order valence-corrected chi connectivity index (χ0v) is 13.4. The van der Waals surface area contributed by atoms with Crippen LogP contribution in [0.4, 0.5) is 0 Å². The number of nitrogens with two attached hydrogens (primary N) is 1. The molecule has 1 unspecified atom stereocenters. The number of hydrogen-bond donors (Lipinski definition) is 1. The first-order valence-electron chi connectivity index (χ1n) is 7.85. The fourth-order valence-corrected chi connectivity index (χ4v) is 3.50. The minimum atomic E-state index is 0.196. The standard InChI is InChI=1S/C17H26ClNO/c1-3-5-12(6-4-2)16(19)11-14-10-15(18)9-13-7-8-20-17(13)14/h9-10,12,16H,3-8,11,19H2,1-2H3. The van der Waals surface area contributed by atoms with E-state index in [1.807, 2.05) is 12.1 Å². The van der Waals surface area contributed by atoms with Crippen LogP contribution in [0.5, 0.6) is 5.75 Å². The van der Waals surface area contributed by atoms with Crippen LogP contribution in [0.25, 0.3) is 0 Å². The van der Waals surface area contributed by atoms with Crippen LogP contribution in [-0.4, -0.2) is 12.6 Å². The van der Waals surface area contributed by atoms with Crippen molar-refractivity contribution in [3.05, 3.63) is 28.3 Å². The van der Waals surface area contributed by atoms with Crippen molar-refractivity contribution >= 4 is 11.6 Å². The van der Waals surface area contributed by atoms with E-state index in [9.17, 15) is 0 Å². The molecule has 0 aromatic heterocycles. The van der Waals surface area contributed by atoms with E-state index in [4.69, 9.17) is 22.1 Å². The molecule has 1 aliphatic heterocycles. The van der Waals surface area contributed by atoms with Crippen LogP contribution >= 0.6 is 11.6 Å². The monoisotopic (exact) mass is 295 g/mol. The SMILES string of the molecule is CCCC(CCC)C(N)Cc1cc(Cl)cc2c1OCC2. The highest BCUT2D eigenvalue weighted by Gasteiger charge is 2.22. The Morgan fingerprint density at radius 2 is 1.95 bits per heavy atom. The molecule has 0 amide bonds. The number of halogens is 1. The number of ether oxygens (including phenoxy) is 1. The van der Waals surface area contributed by atoms with Crippen molar-refractivity contribution in [1.82, 2.24) is 0 Å². The first kappa shape index (κ1) is 15.7. The molecule has 1 aromatic carbocycles. The molecule has 2 nitrogen and oxygen atoms in total. The molecule has 0 saturated heterocycles. The predicted molar refractivity (Wildman–Crippen MR) is 85.6 cm³/mol. The lowest BCUT2D eigenvalue weighted by Gasteiger charge is -2.24. The van der Waals surface area contributed by atoms with Crippen LogP contribution in [0, 0.1) is 5.92 Å². The average molecular weight is 296 g/mol. The van der Waals surface area contributed by atoms with Gasteiger partial charge in [-0.15, -0.1) is 0 Å². The summed E-state index contributed by atoms with van der Waals surface area (Å²) in [6.45, 7) is 5.23. The van der Waals surface area contributed by atoms with Gasteiger partial charge in [0.15, 0.2) is 0 Å². The first-order valence-corrected chi connectivity index (χ1v) is 8.23. The molecule has 0 radical (unpaired) electrons. The molecule has 20 heavy (non-hydrogen) atoms. The molecule has 1 heterocycles. The molecule has 2 rings (SSSR count). The van der Waals surface area contributed by atoms with Gasteiger partial charge in [0, 0.05) is 17.5 Å². The number of hydrogen-bond acceptors (Lipinski definition) is 2. The van der Waals surface area contributed by atoms with E-state index in [0.29, 0.717) is 5.92 Å². The van der Waals surface area contributed by atoms with E-state index in [-0.39, 0.29) is 6.04 Å². The molecule has 0 spiro atoms. The fourth-order valence-electron chi connectivity index (χ4n) is 3.23. The molecule has 3 heteroatoms. The normalized spacial score (nSPS) is 15.2. The maximum atomic E-state index is 6.47. The topological polar surface area (TPSA) is 35.2 Å². The summed E-state index contributed by atoms with van der Waals surface area (Å²) in [6.07, 6.45) is 6.64. The largest absolute Gasteiger partial charge is 0.493 e. The van der Waals surface area contributed by atoms with Gasteiger partial charge < -0.3 is 10.5 Å². The summed E-state index contributed by atoms with van der Waals surface area (Å²) in [5.74, 6) is 1.64. The van der Waals surface area contributed by atoms with Crippen molar-refractivity contribution in [3.8, 4) is 5.75 Å². The van der Waals surface area contributed by atoms with Gasteiger partial charge in [0.05, 0.1) is 6.61 Å². The third-order valence-electron chi connectivity index (χ3n) is 4.21. The summed E-state index contributed by atoms with van der Waals surface area (Å²) in [7, 11) is 0. The minimum absolute atomic E-state index is 0.196. The van der Waals surface area contributed by atoms with Crippen LogP contribution < -0.4 is 10.5 Å². The van der Waals surface area contributed by atoms with E-state index in [2.05, 4.69) is 13.8 Å². The second kappa shape index (κ2) is 7.33.